The van der Waals surface area contributed by atoms with Crippen molar-refractivity contribution in [2.24, 2.45) is 0 Å². The summed E-state index contributed by atoms with van der Waals surface area (Å²) in [5.74, 6) is 4.03. The minimum atomic E-state index is -0.726. The number of pyridine rings is 2. The Bertz CT molecular complexity index is 2810. The van der Waals surface area contributed by atoms with Gasteiger partial charge in [-0.25, -0.2) is 19.9 Å². The van der Waals surface area contributed by atoms with Crippen LogP contribution in [0.1, 0.15) is 179 Å². The van der Waals surface area contributed by atoms with E-state index in [-0.39, 0.29) is 49.2 Å². The number of carboxylic acids is 1. The molecule has 2 aliphatic heterocycles. The molecule has 4 aliphatic rings. The molecule has 434 valence electrons. The molecular weight excluding hydrogens is 1020 g/mol. The summed E-state index contributed by atoms with van der Waals surface area (Å²) >= 11 is 0. The zero-order valence-electron chi connectivity index (χ0n) is 47.9. The predicted octanol–water partition coefficient (Wildman–Crippen LogP) is 11.0. The van der Waals surface area contributed by atoms with Crippen LogP contribution in [0.5, 0.6) is 11.5 Å². The number of esters is 1. The second-order valence-corrected chi connectivity index (χ2v) is 21.6. The average Bonchev–Trinajstić information content (AvgIpc) is 4.25. The molecule has 81 heavy (non-hydrogen) atoms. The smallest absolute Gasteiger partial charge is 0.870 e. The molecule has 4 aromatic heterocycles. The van der Waals surface area contributed by atoms with Gasteiger partial charge in [-0.05, 0) is 138 Å². The van der Waals surface area contributed by atoms with Gasteiger partial charge in [-0.15, -0.1) is 0 Å². The van der Waals surface area contributed by atoms with Gasteiger partial charge in [0.05, 0.1) is 44.0 Å². The van der Waals surface area contributed by atoms with Crippen molar-refractivity contribution in [3.8, 4) is 11.5 Å². The molecular formula is C61H85LiN10O9. The monoisotopic (exact) mass is 1110 g/mol. The summed E-state index contributed by atoms with van der Waals surface area (Å²) in [6, 6.07) is 21.0. The van der Waals surface area contributed by atoms with E-state index in [1.807, 2.05) is 61.2 Å². The number of aliphatic carboxylic acids is 1. The Morgan fingerprint density at radius 2 is 0.988 bits per heavy atom. The SMILES string of the molecule is COC(=O)CCCCCCOc1ccc(Nc2cc3c(ncn3C3CCCCO3)c(NC3CCCCC3)n2)cc1.O=C(O)CCCCCCOc1ccc(Nc2cc3c(ncn3C3CCCCO3)c(NC3CCCCC3)n2)cc1.[Li+].[OH-]. The number of hydrogen-bond donors (Lipinski definition) is 5. The van der Waals surface area contributed by atoms with Crippen LogP contribution < -0.4 is 49.6 Å². The third kappa shape index (κ3) is 19.0. The summed E-state index contributed by atoms with van der Waals surface area (Å²) in [6.07, 6.45) is 30.8. The number of aromatic nitrogens is 6. The van der Waals surface area contributed by atoms with Gasteiger partial charge in [-0.2, -0.15) is 0 Å². The average molecular weight is 1110 g/mol. The number of benzene rings is 2. The largest absolute Gasteiger partial charge is 1.00 e. The van der Waals surface area contributed by atoms with Crippen LogP contribution in [0.25, 0.3) is 22.1 Å². The quantitative estimate of drug-likeness (QED) is 0.0193. The molecule has 0 bridgehead atoms. The van der Waals surface area contributed by atoms with Gasteiger partial charge >= 0.3 is 30.8 Å². The van der Waals surface area contributed by atoms with E-state index in [2.05, 4.69) is 47.3 Å². The second-order valence-electron chi connectivity index (χ2n) is 21.6. The second kappa shape index (κ2) is 33.1. The fourth-order valence-corrected chi connectivity index (χ4v) is 11.1. The fourth-order valence-electron chi connectivity index (χ4n) is 11.1. The van der Waals surface area contributed by atoms with Crippen LogP contribution in [0, 0.1) is 0 Å². The number of methoxy groups -OCH3 is 1. The van der Waals surface area contributed by atoms with Crippen molar-refractivity contribution in [2.75, 3.05) is 54.8 Å². The summed E-state index contributed by atoms with van der Waals surface area (Å²) in [5, 5.41) is 23.1. The van der Waals surface area contributed by atoms with Gasteiger partial charge in [-0.3, -0.25) is 9.59 Å². The minimum absolute atomic E-state index is 0. The number of unbranched alkanes of at least 4 members (excludes halogenated alkanes) is 6. The first-order valence-electron chi connectivity index (χ1n) is 29.6. The van der Waals surface area contributed by atoms with E-state index >= 15 is 0 Å². The Hall–Kier alpha value is -6.10. The molecule has 4 fully saturated rings. The van der Waals surface area contributed by atoms with E-state index in [4.69, 9.17) is 44.0 Å². The molecule has 6 heterocycles. The van der Waals surface area contributed by atoms with E-state index in [1.54, 1.807) is 0 Å². The summed E-state index contributed by atoms with van der Waals surface area (Å²) in [7, 11) is 1.43. The van der Waals surface area contributed by atoms with E-state index in [1.165, 1.54) is 58.5 Å². The zero-order valence-corrected chi connectivity index (χ0v) is 47.9. The molecule has 19 nitrogen and oxygen atoms in total. The molecule has 0 spiro atoms. The minimum Gasteiger partial charge on any atom is -0.870 e. The number of fused-ring (bicyclic) bond motifs is 2. The van der Waals surface area contributed by atoms with Crippen LogP contribution >= 0.6 is 0 Å². The van der Waals surface area contributed by atoms with Crippen molar-refractivity contribution >= 4 is 68.7 Å². The van der Waals surface area contributed by atoms with Gasteiger partial charge in [0.2, 0.25) is 0 Å². The van der Waals surface area contributed by atoms with Gasteiger partial charge < -0.3 is 64.7 Å². The fraction of sp³-hybridized carbons (Fsp3) is 0.574. The molecule has 20 heteroatoms. The van der Waals surface area contributed by atoms with Gasteiger partial charge in [0, 0.05) is 61.6 Å². The first-order chi connectivity index (χ1) is 38.8. The summed E-state index contributed by atoms with van der Waals surface area (Å²) in [6.45, 7) is 2.86. The van der Waals surface area contributed by atoms with Crippen molar-refractivity contribution in [3.63, 3.8) is 0 Å². The third-order valence-corrected chi connectivity index (χ3v) is 15.5. The standard InChI is InChI=1S/C31H43N5O4.C30H41N5O4.Li.H2O/c1-38-29(37)14-7-2-3-9-19-39-25-17-15-24(16-18-25)33-27-21-26-30(31(35-27)34-23-11-5-4-6-12-23)32-22-36(26)28-13-8-10-20-40-28;36-28(37)13-6-1-2-8-18-38-24-16-14-23(15-17-24)32-26-20-25-29(30(34-26)33-22-10-4-3-5-11-22)31-21-35(25)27-12-7-9-19-39-27;;/h15-18,21-23,28H,2-14,19-20H2,1H3,(H2,33,34,35);14-17,20-22,27H,1-13,18-19H2,(H,36,37)(H2,32,33,34);;1H2/q;;+1;/p-1. The van der Waals surface area contributed by atoms with Gasteiger partial charge in [-0.1, -0.05) is 64.2 Å². The number of carboxylic acid groups (broad SMARTS) is 1. The van der Waals surface area contributed by atoms with Crippen LogP contribution in [-0.2, 0) is 23.8 Å². The predicted molar refractivity (Wildman–Crippen MR) is 312 cm³/mol. The Morgan fingerprint density at radius 1 is 0.568 bits per heavy atom. The van der Waals surface area contributed by atoms with Crippen LogP contribution in [0.3, 0.4) is 0 Å². The van der Waals surface area contributed by atoms with Crippen LogP contribution in [0.15, 0.2) is 73.3 Å². The first kappa shape index (κ1) is 62.5. The number of nitrogens with one attached hydrogen (secondary N) is 4. The van der Waals surface area contributed by atoms with Crippen molar-refractivity contribution in [3.05, 3.63) is 73.3 Å². The molecule has 2 atom stereocenters. The number of hydrogen-bond acceptors (Lipinski definition) is 16. The molecule has 10 rings (SSSR count). The van der Waals surface area contributed by atoms with Crippen LogP contribution in [0.2, 0.25) is 0 Å². The number of rotatable bonds is 26. The Balaban J connectivity index is 0.000000228. The molecule has 2 saturated carbocycles. The van der Waals surface area contributed by atoms with Crippen molar-refractivity contribution in [1.29, 1.82) is 0 Å². The molecule has 0 amide bonds. The molecule has 2 aromatic carbocycles. The Labute approximate surface area is 489 Å². The van der Waals surface area contributed by atoms with Crippen LogP contribution in [0.4, 0.5) is 34.6 Å². The number of nitrogens with zero attached hydrogens (tertiary/aromatic N) is 6. The topological polar surface area (TPSA) is 240 Å². The number of carbonyl (C=O) groups excluding carboxylic acids is 1. The molecule has 2 aliphatic carbocycles. The maximum atomic E-state index is 11.2. The van der Waals surface area contributed by atoms with E-state index in [9.17, 15) is 9.59 Å². The molecule has 6 aromatic rings. The number of ether oxygens (including phenoxy) is 5. The maximum absolute atomic E-state index is 11.2. The summed E-state index contributed by atoms with van der Waals surface area (Å²) in [5.41, 5.74) is 5.75. The van der Waals surface area contributed by atoms with E-state index < -0.39 is 5.97 Å². The number of imidazole rings is 2. The molecule has 2 saturated heterocycles. The Kier molecular flexibility index (Phi) is 25.5. The molecule has 0 radical (unpaired) electrons. The van der Waals surface area contributed by atoms with Gasteiger partial charge in [0.15, 0.2) is 11.6 Å². The van der Waals surface area contributed by atoms with E-state index in [0.29, 0.717) is 31.7 Å². The molecule has 6 N–H and O–H groups in total. The van der Waals surface area contributed by atoms with Crippen LogP contribution in [-0.4, -0.2) is 97.2 Å². The third-order valence-electron chi connectivity index (χ3n) is 15.5. The number of carbonyl (C=O) groups is 2. The summed E-state index contributed by atoms with van der Waals surface area (Å²) < 4.78 is 33.0. The maximum Gasteiger partial charge on any atom is 1.00 e. The zero-order chi connectivity index (χ0) is 54.4. The van der Waals surface area contributed by atoms with Gasteiger partial charge in [0.1, 0.15) is 46.6 Å². The summed E-state index contributed by atoms with van der Waals surface area (Å²) in [4.78, 5) is 41.3. The first-order valence-corrected chi connectivity index (χ1v) is 29.6. The van der Waals surface area contributed by atoms with Crippen molar-refractivity contribution in [2.45, 2.75) is 191 Å². The van der Waals surface area contributed by atoms with E-state index in [0.717, 1.165) is 184 Å². The molecule has 2 unspecified atom stereocenters. The normalized spacial score (nSPS) is 17.6. The van der Waals surface area contributed by atoms with Crippen molar-refractivity contribution in [1.82, 2.24) is 29.1 Å². The Morgan fingerprint density at radius 3 is 1.40 bits per heavy atom. The van der Waals surface area contributed by atoms with Gasteiger partial charge in [0.25, 0.3) is 0 Å². The number of anilines is 6. The van der Waals surface area contributed by atoms with Crippen molar-refractivity contribution < 1.29 is 62.7 Å².